The molecule has 1 amide bonds. The Morgan fingerprint density at radius 3 is 2.58 bits per heavy atom. The van der Waals surface area contributed by atoms with Crippen LogP contribution in [0.15, 0.2) is 53.5 Å². The van der Waals surface area contributed by atoms with Gasteiger partial charge in [-0.05, 0) is 30.3 Å². The molecular weight excluding hydrogens is 467 g/mol. The van der Waals surface area contributed by atoms with Crippen molar-refractivity contribution in [2.45, 2.75) is 6.61 Å². The standard InChI is InChI=1S/C18H21ClN4O2.HI/c1-25-12-14-4-2-3-5-16(14)23-18(20)22-11-10-21-17(24)13-6-8-15(19)9-7-13;/h2-9H,10-12H2,1H3,(H,21,24)(H3,20,22,23);1H. The van der Waals surface area contributed by atoms with Crippen LogP contribution in [0, 0.1) is 0 Å². The summed E-state index contributed by atoms with van der Waals surface area (Å²) in [7, 11) is 1.64. The largest absolute Gasteiger partial charge is 0.380 e. The molecule has 0 saturated carbocycles. The normalized spacial score (nSPS) is 10.8. The molecule has 0 aliphatic rings. The highest BCUT2D eigenvalue weighted by atomic mass is 127. The van der Waals surface area contributed by atoms with Crippen LogP contribution < -0.4 is 16.4 Å². The lowest BCUT2D eigenvalue weighted by Crippen LogP contribution is -2.28. The van der Waals surface area contributed by atoms with E-state index in [1.54, 1.807) is 31.4 Å². The van der Waals surface area contributed by atoms with Crippen LogP contribution in [-0.4, -0.2) is 32.1 Å². The summed E-state index contributed by atoms with van der Waals surface area (Å²) in [6, 6.07) is 14.4. The molecule has 0 atom stereocenters. The molecule has 0 bridgehead atoms. The molecule has 8 heteroatoms. The van der Waals surface area contributed by atoms with E-state index < -0.39 is 0 Å². The van der Waals surface area contributed by atoms with Gasteiger partial charge >= 0.3 is 0 Å². The van der Waals surface area contributed by atoms with E-state index in [1.165, 1.54) is 0 Å². The molecule has 0 radical (unpaired) electrons. The maximum Gasteiger partial charge on any atom is 0.251 e. The highest BCUT2D eigenvalue weighted by Crippen LogP contribution is 2.15. The van der Waals surface area contributed by atoms with Gasteiger partial charge in [0, 0.05) is 35.5 Å². The molecule has 140 valence electrons. The number of nitrogens with two attached hydrogens (primary N) is 1. The fraction of sp³-hybridized carbons (Fsp3) is 0.222. The van der Waals surface area contributed by atoms with Crippen molar-refractivity contribution in [3.8, 4) is 0 Å². The molecule has 0 heterocycles. The molecule has 2 rings (SSSR count). The van der Waals surface area contributed by atoms with Gasteiger partial charge in [-0.1, -0.05) is 29.8 Å². The quantitative estimate of drug-likeness (QED) is 0.242. The van der Waals surface area contributed by atoms with Crippen LogP contribution >= 0.6 is 35.6 Å². The van der Waals surface area contributed by atoms with Gasteiger partial charge < -0.3 is 21.1 Å². The lowest BCUT2D eigenvalue weighted by Gasteiger charge is -2.11. The van der Waals surface area contributed by atoms with Gasteiger partial charge in [0.2, 0.25) is 0 Å². The van der Waals surface area contributed by atoms with Crippen molar-refractivity contribution >= 4 is 53.1 Å². The van der Waals surface area contributed by atoms with E-state index in [0.717, 1.165) is 11.3 Å². The number of hydrogen-bond acceptors (Lipinski definition) is 3. The number of nitrogens with zero attached hydrogens (tertiary/aromatic N) is 1. The number of carbonyl (C=O) groups is 1. The summed E-state index contributed by atoms with van der Waals surface area (Å²) < 4.78 is 5.15. The Bertz CT molecular complexity index is 738. The monoisotopic (exact) mass is 488 g/mol. The van der Waals surface area contributed by atoms with Gasteiger partial charge in [-0.3, -0.25) is 9.79 Å². The van der Waals surface area contributed by atoms with Gasteiger partial charge in [0.1, 0.15) is 0 Å². The van der Waals surface area contributed by atoms with Crippen LogP contribution in [0.1, 0.15) is 15.9 Å². The van der Waals surface area contributed by atoms with Gasteiger partial charge in [-0.25, -0.2) is 0 Å². The van der Waals surface area contributed by atoms with Crippen LogP contribution in [0.25, 0.3) is 0 Å². The van der Waals surface area contributed by atoms with Crippen molar-refractivity contribution in [3.05, 3.63) is 64.7 Å². The summed E-state index contributed by atoms with van der Waals surface area (Å²) in [4.78, 5) is 16.2. The summed E-state index contributed by atoms with van der Waals surface area (Å²) in [5.74, 6) is 0.105. The number of methoxy groups -OCH3 is 1. The highest BCUT2D eigenvalue weighted by molar-refractivity contribution is 14.0. The zero-order chi connectivity index (χ0) is 18.1. The van der Waals surface area contributed by atoms with E-state index >= 15 is 0 Å². The zero-order valence-electron chi connectivity index (χ0n) is 14.4. The van der Waals surface area contributed by atoms with Gasteiger partial charge in [0.15, 0.2) is 5.96 Å². The van der Waals surface area contributed by atoms with Crippen molar-refractivity contribution in [2.75, 3.05) is 25.5 Å². The van der Waals surface area contributed by atoms with Crippen molar-refractivity contribution in [1.29, 1.82) is 0 Å². The molecule has 0 aromatic heterocycles. The van der Waals surface area contributed by atoms with E-state index in [0.29, 0.717) is 30.3 Å². The average Bonchev–Trinajstić information content (AvgIpc) is 2.61. The number of anilines is 1. The summed E-state index contributed by atoms with van der Waals surface area (Å²) in [5, 5.41) is 6.41. The topological polar surface area (TPSA) is 88.7 Å². The molecule has 0 spiro atoms. The minimum absolute atomic E-state index is 0. The second kappa shape index (κ2) is 11.7. The summed E-state index contributed by atoms with van der Waals surface area (Å²) in [6.45, 7) is 1.22. The fourth-order valence-electron chi connectivity index (χ4n) is 2.15. The van der Waals surface area contributed by atoms with Crippen LogP contribution in [0.2, 0.25) is 5.02 Å². The van der Waals surface area contributed by atoms with Crippen LogP contribution in [-0.2, 0) is 11.3 Å². The highest BCUT2D eigenvalue weighted by Gasteiger charge is 2.04. The molecule has 0 fully saturated rings. The van der Waals surface area contributed by atoms with Crippen molar-refractivity contribution in [3.63, 3.8) is 0 Å². The predicted octanol–water partition coefficient (Wildman–Crippen LogP) is 3.26. The Morgan fingerprint density at radius 2 is 1.88 bits per heavy atom. The fourth-order valence-corrected chi connectivity index (χ4v) is 2.28. The van der Waals surface area contributed by atoms with Gasteiger partial charge in [-0.15, -0.1) is 24.0 Å². The molecule has 0 unspecified atom stereocenters. The Balaban J connectivity index is 0.00000338. The molecular formula is C18H22ClIN4O2. The second-order valence-corrected chi connectivity index (χ2v) is 5.68. The van der Waals surface area contributed by atoms with Gasteiger partial charge in [-0.2, -0.15) is 0 Å². The number of rotatable bonds is 7. The Kier molecular flexibility index (Phi) is 10.0. The number of nitrogens with one attached hydrogen (secondary N) is 2. The Morgan fingerprint density at radius 1 is 1.19 bits per heavy atom. The number of para-hydroxylation sites is 1. The van der Waals surface area contributed by atoms with Crippen LogP contribution in [0.5, 0.6) is 0 Å². The van der Waals surface area contributed by atoms with Crippen molar-refractivity contribution in [1.82, 2.24) is 5.32 Å². The first-order chi connectivity index (χ1) is 12.1. The first-order valence-corrected chi connectivity index (χ1v) is 8.15. The number of hydrogen-bond donors (Lipinski definition) is 3. The van der Waals surface area contributed by atoms with Crippen LogP contribution in [0.3, 0.4) is 0 Å². The first-order valence-electron chi connectivity index (χ1n) is 7.77. The predicted molar refractivity (Wildman–Crippen MR) is 116 cm³/mol. The number of halogens is 2. The molecule has 2 aromatic carbocycles. The van der Waals surface area contributed by atoms with E-state index in [2.05, 4.69) is 15.6 Å². The lowest BCUT2D eigenvalue weighted by atomic mass is 10.2. The second-order valence-electron chi connectivity index (χ2n) is 5.24. The molecule has 2 aromatic rings. The SMILES string of the molecule is COCc1ccccc1NC(N)=NCCNC(=O)c1ccc(Cl)cc1.I. The van der Waals surface area contributed by atoms with Crippen molar-refractivity contribution < 1.29 is 9.53 Å². The third kappa shape index (κ3) is 7.19. The zero-order valence-corrected chi connectivity index (χ0v) is 17.5. The summed E-state index contributed by atoms with van der Waals surface area (Å²) >= 11 is 5.80. The van der Waals surface area contributed by atoms with E-state index in [1.807, 2.05) is 24.3 Å². The van der Waals surface area contributed by atoms with E-state index in [9.17, 15) is 4.79 Å². The number of ether oxygens (including phenoxy) is 1. The maximum atomic E-state index is 11.9. The Labute approximate surface area is 175 Å². The summed E-state index contributed by atoms with van der Waals surface area (Å²) in [6.07, 6.45) is 0. The van der Waals surface area contributed by atoms with Crippen molar-refractivity contribution in [2.24, 2.45) is 10.7 Å². The number of aliphatic imine (C=N–C) groups is 1. The number of carbonyl (C=O) groups excluding carboxylic acids is 1. The van der Waals surface area contributed by atoms with Gasteiger partial charge in [0.05, 0.1) is 13.2 Å². The first kappa shape index (κ1) is 22.2. The third-order valence-electron chi connectivity index (χ3n) is 3.37. The molecule has 4 N–H and O–H groups in total. The molecule has 6 nitrogen and oxygen atoms in total. The molecule has 26 heavy (non-hydrogen) atoms. The molecule has 0 aliphatic heterocycles. The van der Waals surface area contributed by atoms with Crippen LogP contribution in [0.4, 0.5) is 5.69 Å². The number of amides is 1. The number of guanidine groups is 1. The van der Waals surface area contributed by atoms with Gasteiger partial charge in [0.25, 0.3) is 5.91 Å². The summed E-state index contributed by atoms with van der Waals surface area (Å²) in [5.41, 5.74) is 8.26. The minimum atomic E-state index is -0.177. The molecule has 0 saturated heterocycles. The molecule has 0 aliphatic carbocycles. The Hall–Kier alpha value is -1.84. The maximum absolute atomic E-state index is 11.9. The lowest BCUT2D eigenvalue weighted by molar-refractivity contribution is 0.0955. The minimum Gasteiger partial charge on any atom is -0.380 e. The van der Waals surface area contributed by atoms with E-state index in [4.69, 9.17) is 22.1 Å². The smallest absolute Gasteiger partial charge is 0.251 e. The third-order valence-corrected chi connectivity index (χ3v) is 3.62. The van der Waals surface area contributed by atoms with E-state index in [-0.39, 0.29) is 35.8 Å². The average molecular weight is 489 g/mol. The number of benzene rings is 2.